The fraction of sp³-hybridized carbons (Fsp3) is 0.348. The van der Waals surface area contributed by atoms with Crippen molar-refractivity contribution in [2.24, 2.45) is 0 Å². The minimum atomic E-state index is -3.37. The molecule has 0 saturated carbocycles. The molecule has 0 aliphatic rings. The molecule has 0 unspecified atom stereocenters. The Balaban J connectivity index is 2.25. The first kappa shape index (κ1) is 23.4. The predicted molar refractivity (Wildman–Crippen MR) is 113 cm³/mol. The molecular formula is C23H25FO5S. The molecule has 5 nitrogen and oxygen atoms in total. The smallest absolute Gasteiger partial charge is 0.344 e. The second-order valence-electron chi connectivity index (χ2n) is 7.61. The molecule has 7 heteroatoms. The van der Waals surface area contributed by atoms with Gasteiger partial charge in [0.2, 0.25) is 0 Å². The minimum Gasteiger partial charge on any atom is -0.481 e. The van der Waals surface area contributed by atoms with E-state index < -0.39 is 27.2 Å². The highest BCUT2D eigenvalue weighted by atomic mass is 32.2. The normalized spacial score (nSPS) is 11.4. The van der Waals surface area contributed by atoms with Crippen molar-refractivity contribution in [3.63, 3.8) is 0 Å². The molecule has 0 atom stereocenters. The van der Waals surface area contributed by atoms with Crippen LogP contribution in [0.25, 0.3) is 0 Å². The second kappa shape index (κ2) is 9.77. The molecular weight excluding hydrogens is 407 g/mol. The van der Waals surface area contributed by atoms with Crippen molar-refractivity contribution in [3.05, 3.63) is 59.4 Å². The van der Waals surface area contributed by atoms with Crippen LogP contribution < -0.4 is 4.74 Å². The van der Waals surface area contributed by atoms with E-state index in [2.05, 4.69) is 11.8 Å². The summed E-state index contributed by atoms with van der Waals surface area (Å²) in [5, 5.41) is 0. The summed E-state index contributed by atoms with van der Waals surface area (Å²) in [4.78, 5) is 12.1. The Morgan fingerprint density at radius 3 is 2.50 bits per heavy atom. The van der Waals surface area contributed by atoms with Crippen molar-refractivity contribution in [1.82, 2.24) is 0 Å². The number of ether oxygens (including phenoxy) is 2. The molecule has 0 bridgehead atoms. The molecule has 2 rings (SSSR count). The third-order valence-corrected chi connectivity index (χ3v) is 5.63. The summed E-state index contributed by atoms with van der Waals surface area (Å²) in [5.74, 6) is 4.83. The zero-order valence-corrected chi connectivity index (χ0v) is 18.3. The van der Waals surface area contributed by atoms with Crippen LogP contribution >= 0.6 is 0 Å². The summed E-state index contributed by atoms with van der Waals surface area (Å²) in [6.45, 7) is 6.68. The summed E-state index contributed by atoms with van der Waals surface area (Å²) in [6.07, 6.45) is 0.514. The Bertz CT molecular complexity index is 1070. The average molecular weight is 433 g/mol. The lowest BCUT2D eigenvalue weighted by molar-refractivity contribution is -0.157. The second-order valence-corrected chi connectivity index (χ2v) is 9.72. The summed E-state index contributed by atoms with van der Waals surface area (Å²) in [7, 11) is -3.37. The number of halogens is 1. The number of benzene rings is 2. The lowest BCUT2D eigenvalue weighted by Gasteiger charge is -2.19. The first-order valence-corrected chi connectivity index (χ1v) is 11.1. The SMILES string of the molecule is CCCS(=O)(=O)c1cccc(C#Cc2cc(F)ccc2OCC(=O)OC(C)(C)C)c1. The van der Waals surface area contributed by atoms with Crippen molar-refractivity contribution < 1.29 is 27.1 Å². The Kier molecular flexibility index (Phi) is 7.63. The Morgan fingerprint density at radius 2 is 1.83 bits per heavy atom. The van der Waals surface area contributed by atoms with Crippen LogP contribution in [0.5, 0.6) is 5.75 Å². The summed E-state index contributed by atoms with van der Waals surface area (Å²) < 4.78 is 48.8. The molecule has 0 aliphatic heterocycles. The van der Waals surface area contributed by atoms with Gasteiger partial charge in [-0.15, -0.1) is 0 Å². The van der Waals surface area contributed by atoms with E-state index in [4.69, 9.17) is 9.47 Å². The molecule has 0 spiro atoms. The number of carbonyl (C=O) groups excluding carboxylic acids is 1. The van der Waals surface area contributed by atoms with Crippen LogP contribution in [0.15, 0.2) is 47.4 Å². The van der Waals surface area contributed by atoms with Gasteiger partial charge in [0.1, 0.15) is 17.2 Å². The minimum absolute atomic E-state index is 0.0520. The molecule has 2 aromatic carbocycles. The zero-order chi connectivity index (χ0) is 22.4. The fourth-order valence-electron chi connectivity index (χ4n) is 2.53. The summed E-state index contributed by atoms with van der Waals surface area (Å²) in [5.41, 5.74) is 0.0598. The quantitative estimate of drug-likeness (QED) is 0.507. The van der Waals surface area contributed by atoms with E-state index in [1.807, 2.05) is 0 Å². The van der Waals surface area contributed by atoms with Gasteiger partial charge in [0.05, 0.1) is 16.2 Å². The Labute approximate surface area is 177 Å². The molecule has 0 fully saturated rings. The molecule has 0 N–H and O–H groups in total. The molecule has 160 valence electrons. The number of hydrogen-bond acceptors (Lipinski definition) is 5. The molecule has 2 aromatic rings. The fourth-order valence-corrected chi connectivity index (χ4v) is 3.89. The molecule has 30 heavy (non-hydrogen) atoms. The number of carbonyl (C=O) groups is 1. The van der Waals surface area contributed by atoms with Gasteiger partial charge >= 0.3 is 5.97 Å². The monoisotopic (exact) mass is 432 g/mol. The van der Waals surface area contributed by atoms with Crippen LogP contribution in [-0.2, 0) is 19.4 Å². The lowest BCUT2D eigenvalue weighted by Crippen LogP contribution is -2.27. The van der Waals surface area contributed by atoms with Crippen molar-refractivity contribution in [3.8, 4) is 17.6 Å². The van der Waals surface area contributed by atoms with Gasteiger partial charge in [0, 0.05) is 5.56 Å². The van der Waals surface area contributed by atoms with Gasteiger partial charge in [-0.1, -0.05) is 24.8 Å². The van der Waals surface area contributed by atoms with Gasteiger partial charge in [0.25, 0.3) is 0 Å². The van der Waals surface area contributed by atoms with Gasteiger partial charge in [-0.2, -0.15) is 0 Å². The molecule has 0 radical (unpaired) electrons. The third kappa shape index (κ3) is 7.20. The van der Waals surface area contributed by atoms with Crippen LogP contribution in [0, 0.1) is 17.7 Å². The van der Waals surface area contributed by atoms with Crippen molar-refractivity contribution in [2.45, 2.75) is 44.6 Å². The molecule has 0 saturated heterocycles. The Morgan fingerprint density at radius 1 is 1.10 bits per heavy atom. The van der Waals surface area contributed by atoms with E-state index in [0.717, 1.165) is 0 Å². The highest BCUT2D eigenvalue weighted by Gasteiger charge is 2.17. The van der Waals surface area contributed by atoms with E-state index in [1.165, 1.54) is 30.3 Å². The molecule has 0 aliphatic carbocycles. The third-order valence-electron chi connectivity index (χ3n) is 3.71. The van der Waals surface area contributed by atoms with Crippen LogP contribution in [0.3, 0.4) is 0 Å². The van der Waals surface area contributed by atoms with E-state index in [0.29, 0.717) is 12.0 Å². The highest BCUT2D eigenvalue weighted by molar-refractivity contribution is 7.91. The number of rotatable bonds is 6. The maximum Gasteiger partial charge on any atom is 0.344 e. The number of hydrogen-bond donors (Lipinski definition) is 0. The van der Waals surface area contributed by atoms with Gasteiger partial charge < -0.3 is 9.47 Å². The molecule has 0 amide bonds. The summed E-state index contributed by atoms with van der Waals surface area (Å²) in [6, 6.07) is 10.1. The zero-order valence-electron chi connectivity index (χ0n) is 17.5. The van der Waals surface area contributed by atoms with Crippen molar-refractivity contribution in [2.75, 3.05) is 12.4 Å². The van der Waals surface area contributed by atoms with Gasteiger partial charge in [-0.3, -0.25) is 0 Å². The maximum atomic E-state index is 13.7. The van der Waals surface area contributed by atoms with Crippen LogP contribution in [-0.4, -0.2) is 32.3 Å². The van der Waals surface area contributed by atoms with E-state index in [1.54, 1.807) is 39.8 Å². The van der Waals surface area contributed by atoms with Gasteiger partial charge in [0.15, 0.2) is 16.4 Å². The Hall–Kier alpha value is -2.85. The topological polar surface area (TPSA) is 69.7 Å². The van der Waals surface area contributed by atoms with Crippen LogP contribution in [0.4, 0.5) is 4.39 Å². The summed E-state index contributed by atoms with van der Waals surface area (Å²) >= 11 is 0. The van der Waals surface area contributed by atoms with Gasteiger partial charge in [-0.05, 0) is 63.6 Å². The standard InChI is InChI=1S/C23H25FO5S/c1-5-13-30(26,27)20-8-6-7-17(14-20)9-10-18-15-19(24)11-12-21(18)28-16-22(25)29-23(2,3)4/h6-8,11-12,14-15H,5,13,16H2,1-4H3. The molecule has 0 aromatic heterocycles. The molecule has 0 heterocycles. The first-order valence-electron chi connectivity index (χ1n) is 9.49. The van der Waals surface area contributed by atoms with Crippen LogP contribution in [0.2, 0.25) is 0 Å². The van der Waals surface area contributed by atoms with Gasteiger partial charge in [-0.25, -0.2) is 17.6 Å². The van der Waals surface area contributed by atoms with Crippen molar-refractivity contribution >= 4 is 15.8 Å². The highest BCUT2D eigenvalue weighted by Crippen LogP contribution is 2.20. The maximum absolute atomic E-state index is 13.7. The number of esters is 1. The predicted octanol–water partition coefficient (Wildman–Crippen LogP) is 4.13. The largest absolute Gasteiger partial charge is 0.481 e. The lowest BCUT2D eigenvalue weighted by atomic mass is 10.1. The average Bonchev–Trinajstić information content (AvgIpc) is 2.64. The van der Waals surface area contributed by atoms with E-state index in [-0.39, 0.29) is 28.6 Å². The van der Waals surface area contributed by atoms with Crippen molar-refractivity contribution in [1.29, 1.82) is 0 Å². The van der Waals surface area contributed by atoms with E-state index >= 15 is 0 Å². The first-order chi connectivity index (χ1) is 14.0. The van der Waals surface area contributed by atoms with E-state index in [9.17, 15) is 17.6 Å². The van der Waals surface area contributed by atoms with Crippen LogP contribution in [0.1, 0.15) is 45.2 Å². The number of sulfone groups is 1.